The van der Waals surface area contributed by atoms with Crippen molar-refractivity contribution in [2.45, 2.75) is 26.2 Å². The Bertz CT molecular complexity index is 1010. The molecular formula is C23H21NS. The minimum Gasteiger partial charge on any atom is -0.247 e. The van der Waals surface area contributed by atoms with Gasteiger partial charge in [0.15, 0.2) is 0 Å². The van der Waals surface area contributed by atoms with E-state index in [4.69, 9.17) is 4.98 Å². The Labute approximate surface area is 153 Å². The maximum absolute atomic E-state index is 4.86. The van der Waals surface area contributed by atoms with Crippen LogP contribution in [0.3, 0.4) is 0 Å². The topological polar surface area (TPSA) is 12.9 Å². The molecule has 2 aromatic carbocycles. The first-order valence-corrected chi connectivity index (χ1v) is 9.39. The zero-order chi connectivity index (χ0) is 17.4. The first-order valence-electron chi connectivity index (χ1n) is 8.58. The SMILES string of the molecule is CC(C)(C)c1ccc(-c2cc3nc(-c4ccccc4)ccc3s2)cc1. The van der Waals surface area contributed by atoms with Crippen LogP contribution in [0, 0.1) is 0 Å². The Kier molecular flexibility index (Phi) is 3.93. The van der Waals surface area contributed by atoms with Gasteiger partial charge in [0.1, 0.15) is 0 Å². The summed E-state index contributed by atoms with van der Waals surface area (Å²) in [4.78, 5) is 6.13. The molecule has 124 valence electrons. The molecule has 2 heteroatoms. The Hall–Kier alpha value is -2.45. The van der Waals surface area contributed by atoms with Gasteiger partial charge in [-0.15, -0.1) is 11.3 Å². The quantitative estimate of drug-likeness (QED) is 0.384. The van der Waals surface area contributed by atoms with Gasteiger partial charge in [-0.05, 0) is 34.7 Å². The zero-order valence-corrected chi connectivity index (χ0v) is 15.6. The number of hydrogen-bond acceptors (Lipinski definition) is 2. The van der Waals surface area contributed by atoms with Gasteiger partial charge in [-0.2, -0.15) is 0 Å². The minimum absolute atomic E-state index is 0.185. The monoisotopic (exact) mass is 343 g/mol. The predicted octanol–water partition coefficient (Wildman–Crippen LogP) is 6.93. The number of nitrogens with zero attached hydrogens (tertiary/aromatic N) is 1. The van der Waals surface area contributed by atoms with Gasteiger partial charge >= 0.3 is 0 Å². The van der Waals surface area contributed by atoms with E-state index >= 15 is 0 Å². The van der Waals surface area contributed by atoms with Crippen LogP contribution in [0.15, 0.2) is 72.8 Å². The van der Waals surface area contributed by atoms with Crippen LogP contribution in [-0.4, -0.2) is 4.98 Å². The summed E-state index contributed by atoms with van der Waals surface area (Å²) in [7, 11) is 0. The molecule has 25 heavy (non-hydrogen) atoms. The maximum Gasteiger partial charge on any atom is 0.0823 e. The van der Waals surface area contributed by atoms with E-state index in [0.717, 1.165) is 16.8 Å². The molecule has 0 saturated heterocycles. The number of pyridine rings is 1. The van der Waals surface area contributed by atoms with Crippen LogP contribution in [0.2, 0.25) is 0 Å². The second-order valence-corrected chi connectivity index (χ2v) is 8.47. The van der Waals surface area contributed by atoms with Crippen molar-refractivity contribution in [2.75, 3.05) is 0 Å². The van der Waals surface area contributed by atoms with Crippen molar-refractivity contribution >= 4 is 21.6 Å². The minimum atomic E-state index is 0.185. The van der Waals surface area contributed by atoms with E-state index in [9.17, 15) is 0 Å². The average molecular weight is 343 g/mol. The number of fused-ring (bicyclic) bond motifs is 1. The fourth-order valence-electron chi connectivity index (χ4n) is 2.97. The number of hydrogen-bond donors (Lipinski definition) is 0. The van der Waals surface area contributed by atoms with E-state index in [2.05, 4.69) is 87.5 Å². The van der Waals surface area contributed by atoms with Crippen LogP contribution in [0.1, 0.15) is 26.3 Å². The van der Waals surface area contributed by atoms with E-state index in [-0.39, 0.29) is 5.41 Å². The van der Waals surface area contributed by atoms with E-state index in [0.29, 0.717) is 0 Å². The number of rotatable bonds is 2. The molecule has 2 aromatic heterocycles. The molecule has 0 aliphatic heterocycles. The molecule has 4 aromatic rings. The Morgan fingerprint density at radius 3 is 2.16 bits per heavy atom. The Morgan fingerprint density at radius 1 is 0.760 bits per heavy atom. The summed E-state index contributed by atoms with van der Waals surface area (Å²) in [6.45, 7) is 6.74. The zero-order valence-electron chi connectivity index (χ0n) is 14.8. The molecule has 0 atom stereocenters. The molecule has 0 amide bonds. The molecule has 4 rings (SSSR count). The molecule has 0 aliphatic rings. The summed E-state index contributed by atoms with van der Waals surface area (Å²) in [6.07, 6.45) is 0. The van der Waals surface area contributed by atoms with Crippen LogP contribution >= 0.6 is 11.3 Å². The van der Waals surface area contributed by atoms with E-state index in [1.54, 1.807) is 11.3 Å². The van der Waals surface area contributed by atoms with Gasteiger partial charge in [-0.25, -0.2) is 4.98 Å². The van der Waals surface area contributed by atoms with Gasteiger partial charge in [0.25, 0.3) is 0 Å². The van der Waals surface area contributed by atoms with Crippen molar-refractivity contribution in [3.8, 4) is 21.7 Å². The predicted molar refractivity (Wildman–Crippen MR) is 109 cm³/mol. The third kappa shape index (κ3) is 3.22. The van der Waals surface area contributed by atoms with Gasteiger partial charge in [0.05, 0.1) is 15.9 Å². The van der Waals surface area contributed by atoms with Crippen LogP contribution in [0.5, 0.6) is 0 Å². The molecule has 0 fully saturated rings. The van der Waals surface area contributed by atoms with E-state index < -0.39 is 0 Å². The lowest BCUT2D eigenvalue weighted by molar-refractivity contribution is 0.590. The maximum atomic E-state index is 4.86. The summed E-state index contributed by atoms with van der Waals surface area (Å²) < 4.78 is 1.23. The van der Waals surface area contributed by atoms with Crippen molar-refractivity contribution in [1.82, 2.24) is 4.98 Å². The highest BCUT2D eigenvalue weighted by Crippen LogP contribution is 2.35. The Balaban J connectivity index is 1.72. The summed E-state index contributed by atoms with van der Waals surface area (Å²) in [5.41, 5.74) is 6.07. The normalized spacial score (nSPS) is 11.8. The number of aromatic nitrogens is 1. The number of benzene rings is 2. The fraction of sp³-hybridized carbons (Fsp3) is 0.174. The van der Waals surface area contributed by atoms with Gasteiger partial charge in [-0.1, -0.05) is 75.4 Å². The summed E-state index contributed by atoms with van der Waals surface area (Å²) in [6, 6.07) is 25.8. The van der Waals surface area contributed by atoms with Gasteiger partial charge in [0.2, 0.25) is 0 Å². The number of thiophene rings is 1. The first kappa shape index (κ1) is 16.0. The largest absolute Gasteiger partial charge is 0.247 e. The molecule has 0 unspecified atom stereocenters. The molecule has 2 heterocycles. The van der Waals surface area contributed by atoms with Crippen molar-refractivity contribution in [3.05, 3.63) is 78.4 Å². The van der Waals surface area contributed by atoms with Crippen molar-refractivity contribution < 1.29 is 0 Å². The highest BCUT2D eigenvalue weighted by Gasteiger charge is 2.14. The van der Waals surface area contributed by atoms with E-state index in [1.165, 1.54) is 20.7 Å². The van der Waals surface area contributed by atoms with Crippen LogP contribution in [0.4, 0.5) is 0 Å². The standard InChI is InChI=1S/C23H21NS/c1-23(2,3)18-11-9-17(10-12-18)22-15-20-21(25-22)14-13-19(24-20)16-7-5-4-6-8-16/h4-15H,1-3H3. The van der Waals surface area contributed by atoms with Crippen molar-refractivity contribution in [2.24, 2.45) is 0 Å². The first-order chi connectivity index (χ1) is 12.0. The fourth-order valence-corrected chi connectivity index (χ4v) is 3.98. The molecule has 0 spiro atoms. The van der Waals surface area contributed by atoms with Crippen LogP contribution in [0.25, 0.3) is 31.9 Å². The highest BCUT2D eigenvalue weighted by molar-refractivity contribution is 7.22. The van der Waals surface area contributed by atoms with Crippen molar-refractivity contribution in [1.29, 1.82) is 0 Å². The lowest BCUT2D eigenvalue weighted by Crippen LogP contribution is -2.10. The van der Waals surface area contributed by atoms with Crippen LogP contribution in [-0.2, 0) is 5.41 Å². The van der Waals surface area contributed by atoms with Gasteiger partial charge in [0, 0.05) is 10.4 Å². The van der Waals surface area contributed by atoms with Gasteiger partial charge < -0.3 is 0 Å². The molecule has 0 aliphatic carbocycles. The molecule has 0 bridgehead atoms. The third-order valence-corrected chi connectivity index (χ3v) is 5.62. The molecule has 1 nitrogen and oxygen atoms in total. The lowest BCUT2D eigenvalue weighted by atomic mass is 9.86. The van der Waals surface area contributed by atoms with Crippen LogP contribution < -0.4 is 0 Å². The summed E-state index contributed by atoms with van der Waals surface area (Å²) in [5, 5.41) is 0. The molecule has 0 saturated carbocycles. The third-order valence-electron chi connectivity index (χ3n) is 4.48. The molecule has 0 radical (unpaired) electrons. The van der Waals surface area contributed by atoms with E-state index in [1.807, 2.05) is 6.07 Å². The molecular weight excluding hydrogens is 322 g/mol. The summed E-state index contributed by atoms with van der Waals surface area (Å²) in [5.74, 6) is 0. The Morgan fingerprint density at radius 2 is 1.48 bits per heavy atom. The smallest absolute Gasteiger partial charge is 0.0823 e. The molecule has 0 N–H and O–H groups in total. The second-order valence-electron chi connectivity index (χ2n) is 7.38. The highest BCUT2D eigenvalue weighted by atomic mass is 32.1. The lowest BCUT2D eigenvalue weighted by Gasteiger charge is -2.18. The second kappa shape index (κ2) is 6.12. The average Bonchev–Trinajstić information content (AvgIpc) is 3.05. The van der Waals surface area contributed by atoms with Gasteiger partial charge in [-0.3, -0.25) is 0 Å². The summed E-state index contributed by atoms with van der Waals surface area (Å²) >= 11 is 1.81. The van der Waals surface area contributed by atoms with Crippen molar-refractivity contribution in [3.63, 3.8) is 0 Å².